The summed E-state index contributed by atoms with van der Waals surface area (Å²) < 4.78 is 13.5. The number of rotatable bonds is 4. The molecule has 0 aliphatic carbocycles. The highest BCUT2D eigenvalue weighted by molar-refractivity contribution is 5.89. The molecule has 29 heavy (non-hydrogen) atoms. The van der Waals surface area contributed by atoms with E-state index in [9.17, 15) is 9.90 Å². The number of carbonyl (C=O) groups is 1. The highest BCUT2D eigenvalue weighted by atomic mass is 16.5. The molecule has 1 aliphatic heterocycles. The number of anilines is 1. The van der Waals surface area contributed by atoms with Gasteiger partial charge in [-0.25, -0.2) is 4.98 Å². The van der Waals surface area contributed by atoms with Gasteiger partial charge in [-0.3, -0.25) is 4.79 Å². The zero-order valence-electron chi connectivity index (χ0n) is 15.9. The van der Waals surface area contributed by atoms with Crippen molar-refractivity contribution in [3.8, 4) is 17.1 Å². The molecule has 0 unspecified atom stereocenters. The second-order valence-electron chi connectivity index (χ2n) is 7.43. The van der Waals surface area contributed by atoms with Crippen LogP contribution in [-0.4, -0.2) is 32.2 Å². The molecule has 3 N–H and O–H groups in total. The van der Waals surface area contributed by atoms with Crippen LogP contribution in [0.3, 0.4) is 0 Å². The van der Waals surface area contributed by atoms with Crippen molar-refractivity contribution in [1.29, 1.82) is 0 Å². The maximum Gasteiger partial charge on any atom is 0.306 e. The Morgan fingerprint density at radius 1 is 1.28 bits per heavy atom. The number of ether oxygens (including phenoxy) is 1. The third-order valence-electron chi connectivity index (χ3n) is 5.28. The lowest BCUT2D eigenvalue weighted by Crippen LogP contribution is -2.12. The number of aliphatic carboxylic acids is 1. The summed E-state index contributed by atoms with van der Waals surface area (Å²) in [4.78, 5) is 20.4. The number of aromatic nitrogens is 3. The molecule has 2 aromatic heterocycles. The van der Waals surface area contributed by atoms with E-state index in [1.807, 2.05) is 30.3 Å². The van der Waals surface area contributed by atoms with Crippen LogP contribution in [0.25, 0.3) is 33.5 Å². The van der Waals surface area contributed by atoms with Gasteiger partial charge in [-0.05, 0) is 48.7 Å². The van der Waals surface area contributed by atoms with Crippen LogP contribution in [0.1, 0.15) is 18.9 Å². The van der Waals surface area contributed by atoms with Crippen molar-refractivity contribution in [2.24, 2.45) is 5.92 Å². The molecule has 0 saturated carbocycles. The standard InChI is InChI=1S/C21H20N4O4/c1-11(20(26)27)7-12-8-15-18-17(9-12)28-6-2-5-25(18)19(23-15)13-3-4-16-14(10-13)24-21(22)29-16/h3-4,8-11H,2,5-7H2,1H3,(H2,22,24)(H,26,27)/t11-/m0/s1. The number of oxazole rings is 1. The molecule has 148 valence electrons. The van der Waals surface area contributed by atoms with Gasteiger partial charge >= 0.3 is 5.97 Å². The van der Waals surface area contributed by atoms with Gasteiger partial charge in [0.2, 0.25) is 0 Å². The fourth-order valence-corrected chi connectivity index (χ4v) is 3.88. The summed E-state index contributed by atoms with van der Waals surface area (Å²) in [6, 6.07) is 9.73. The van der Waals surface area contributed by atoms with Gasteiger partial charge in [0.25, 0.3) is 6.01 Å². The van der Waals surface area contributed by atoms with E-state index in [0.717, 1.165) is 46.7 Å². The summed E-state index contributed by atoms with van der Waals surface area (Å²) in [6.07, 6.45) is 1.28. The summed E-state index contributed by atoms with van der Waals surface area (Å²) in [7, 11) is 0. The number of nitrogens with zero attached hydrogens (tertiary/aromatic N) is 3. The molecule has 0 spiro atoms. The van der Waals surface area contributed by atoms with Gasteiger partial charge < -0.3 is 24.6 Å². The van der Waals surface area contributed by atoms with E-state index in [1.54, 1.807) is 6.92 Å². The number of carboxylic acids is 1. The number of nitrogens with two attached hydrogens (primary N) is 1. The smallest absolute Gasteiger partial charge is 0.306 e. The van der Waals surface area contributed by atoms with Crippen LogP contribution in [-0.2, 0) is 17.8 Å². The summed E-state index contributed by atoms with van der Waals surface area (Å²) in [5, 5.41) is 9.25. The topological polar surface area (TPSA) is 116 Å². The lowest BCUT2D eigenvalue weighted by Gasteiger charge is -2.10. The Balaban J connectivity index is 1.67. The monoisotopic (exact) mass is 392 g/mol. The SMILES string of the molecule is C[C@@H](Cc1cc2c3c(c1)nc(-c1ccc4oc(N)nc4c1)n3CCCO2)C(=O)O. The molecule has 1 atom stereocenters. The highest BCUT2D eigenvalue weighted by Gasteiger charge is 2.22. The fourth-order valence-electron chi connectivity index (χ4n) is 3.88. The second kappa shape index (κ2) is 6.51. The molecular weight excluding hydrogens is 372 g/mol. The van der Waals surface area contributed by atoms with Crippen molar-refractivity contribution < 1.29 is 19.1 Å². The molecule has 0 saturated heterocycles. The van der Waals surface area contributed by atoms with Gasteiger partial charge in [0.15, 0.2) is 5.58 Å². The Bertz CT molecular complexity index is 1260. The van der Waals surface area contributed by atoms with Crippen molar-refractivity contribution in [2.75, 3.05) is 12.3 Å². The minimum Gasteiger partial charge on any atom is -0.491 e. The van der Waals surface area contributed by atoms with E-state index >= 15 is 0 Å². The molecule has 0 bridgehead atoms. The third kappa shape index (κ3) is 2.97. The normalized spacial score (nSPS) is 14.7. The first-order valence-electron chi connectivity index (χ1n) is 9.55. The average molecular weight is 392 g/mol. The Hall–Kier alpha value is -3.55. The number of imidazole rings is 1. The quantitative estimate of drug-likeness (QED) is 0.546. The minimum absolute atomic E-state index is 0.136. The molecular formula is C21H20N4O4. The number of aryl methyl sites for hydroxylation is 1. The Kier molecular flexibility index (Phi) is 3.94. The number of benzene rings is 2. The average Bonchev–Trinajstić information content (AvgIpc) is 3.15. The van der Waals surface area contributed by atoms with Gasteiger partial charge in [0.1, 0.15) is 22.6 Å². The number of nitrogen functional groups attached to an aromatic ring is 1. The van der Waals surface area contributed by atoms with Crippen LogP contribution in [0.4, 0.5) is 6.01 Å². The van der Waals surface area contributed by atoms with Crippen molar-refractivity contribution in [2.45, 2.75) is 26.3 Å². The summed E-state index contributed by atoms with van der Waals surface area (Å²) in [5.74, 6) is 0.270. The van der Waals surface area contributed by atoms with Crippen molar-refractivity contribution in [3.63, 3.8) is 0 Å². The molecule has 1 aliphatic rings. The van der Waals surface area contributed by atoms with Gasteiger partial charge in [-0.2, -0.15) is 4.98 Å². The molecule has 8 nitrogen and oxygen atoms in total. The van der Waals surface area contributed by atoms with Crippen LogP contribution in [0, 0.1) is 5.92 Å². The second-order valence-corrected chi connectivity index (χ2v) is 7.43. The molecule has 0 amide bonds. The van der Waals surface area contributed by atoms with Crippen LogP contribution < -0.4 is 10.5 Å². The lowest BCUT2D eigenvalue weighted by atomic mass is 10.0. The van der Waals surface area contributed by atoms with Gasteiger partial charge in [-0.15, -0.1) is 0 Å². The van der Waals surface area contributed by atoms with Crippen LogP contribution in [0.5, 0.6) is 5.75 Å². The number of hydrogen-bond acceptors (Lipinski definition) is 6. The maximum absolute atomic E-state index is 11.3. The van der Waals surface area contributed by atoms with Crippen LogP contribution >= 0.6 is 0 Å². The molecule has 3 heterocycles. The van der Waals surface area contributed by atoms with Gasteiger partial charge in [0.05, 0.1) is 18.0 Å². The van der Waals surface area contributed by atoms with Gasteiger partial charge in [-0.1, -0.05) is 6.92 Å². The highest BCUT2D eigenvalue weighted by Crippen LogP contribution is 2.35. The first kappa shape index (κ1) is 17.5. The summed E-state index contributed by atoms with van der Waals surface area (Å²) in [6.45, 7) is 3.09. The number of hydrogen-bond donors (Lipinski definition) is 2. The predicted molar refractivity (Wildman–Crippen MR) is 108 cm³/mol. The number of fused-ring (bicyclic) bond motifs is 1. The maximum atomic E-state index is 11.3. The Labute approximate surface area is 165 Å². The summed E-state index contributed by atoms with van der Waals surface area (Å²) in [5.41, 5.74) is 10.5. The predicted octanol–water partition coefficient (Wildman–Crippen LogP) is 3.47. The van der Waals surface area contributed by atoms with E-state index in [-0.39, 0.29) is 6.01 Å². The molecule has 0 radical (unpaired) electrons. The van der Waals surface area contributed by atoms with E-state index in [2.05, 4.69) is 9.55 Å². The lowest BCUT2D eigenvalue weighted by molar-refractivity contribution is -0.141. The van der Waals surface area contributed by atoms with E-state index in [4.69, 9.17) is 19.9 Å². The first-order chi connectivity index (χ1) is 14.0. The fraction of sp³-hybridized carbons (Fsp3) is 0.286. The van der Waals surface area contributed by atoms with E-state index < -0.39 is 11.9 Å². The molecule has 5 rings (SSSR count). The van der Waals surface area contributed by atoms with Crippen molar-refractivity contribution in [1.82, 2.24) is 14.5 Å². The van der Waals surface area contributed by atoms with E-state index in [1.165, 1.54) is 0 Å². The Morgan fingerprint density at radius 2 is 2.14 bits per heavy atom. The van der Waals surface area contributed by atoms with E-state index in [0.29, 0.717) is 24.1 Å². The van der Waals surface area contributed by atoms with Crippen molar-refractivity contribution >= 4 is 34.1 Å². The molecule has 0 fully saturated rings. The van der Waals surface area contributed by atoms with Crippen LogP contribution in [0.2, 0.25) is 0 Å². The summed E-state index contributed by atoms with van der Waals surface area (Å²) >= 11 is 0. The third-order valence-corrected chi connectivity index (χ3v) is 5.28. The molecule has 8 heteroatoms. The number of carboxylic acid groups (broad SMARTS) is 1. The van der Waals surface area contributed by atoms with Crippen LogP contribution in [0.15, 0.2) is 34.7 Å². The van der Waals surface area contributed by atoms with Gasteiger partial charge in [0, 0.05) is 12.1 Å². The minimum atomic E-state index is -0.816. The zero-order valence-corrected chi connectivity index (χ0v) is 15.9. The largest absolute Gasteiger partial charge is 0.491 e. The molecule has 4 aromatic rings. The van der Waals surface area contributed by atoms with Crippen molar-refractivity contribution in [3.05, 3.63) is 35.9 Å². The Morgan fingerprint density at radius 3 is 2.97 bits per heavy atom. The molecule has 2 aromatic carbocycles. The first-order valence-corrected chi connectivity index (χ1v) is 9.55. The zero-order chi connectivity index (χ0) is 20.1.